The van der Waals surface area contributed by atoms with Gasteiger partial charge in [-0.05, 0) is 85.3 Å². The third-order valence-corrected chi connectivity index (χ3v) is 9.04. The number of halogens is 2. The molecule has 2 saturated heterocycles. The molecule has 2 aliphatic heterocycles. The second-order valence-corrected chi connectivity index (χ2v) is 12.3. The van der Waals surface area contributed by atoms with Crippen molar-refractivity contribution in [2.45, 2.75) is 37.8 Å². The Morgan fingerprint density at radius 3 is 1.40 bits per heavy atom. The molecule has 2 atom stereocenters. The van der Waals surface area contributed by atoms with Crippen molar-refractivity contribution in [3.8, 4) is 0 Å². The van der Waals surface area contributed by atoms with E-state index >= 15 is 0 Å². The van der Waals surface area contributed by atoms with Gasteiger partial charge in [-0.2, -0.15) is 0 Å². The minimum Gasteiger partial charge on any atom is -0.327 e. The summed E-state index contributed by atoms with van der Waals surface area (Å²) < 4.78 is 0. The fourth-order valence-electron chi connectivity index (χ4n) is 5.96. The summed E-state index contributed by atoms with van der Waals surface area (Å²) in [6.45, 7) is 0.948. The summed E-state index contributed by atoms with van der Waals surface area (Å²) in [5.41, 5.74) is 3.67. The fraction of sp³-hybridized carbons (Fsp3) is 0.222. The lowest BCUT2D eigenvalue weighted by Gasteiger charge is -2.24. The SMILES string of the molecule is O=C(Nc1ccc(C=Cc2ccc(NC(=O)[C@@H]3CCCN3C(=O)c3cccnc3Cl)cc2)cc1)[C@@H]1CCCN1C(=O)c1cccnc1Cl. The standard InChI is InChI=1S/C36H32Cl2N6O4/c37-31-27(5-1-19-39-31)35(47)43-21-3-7-29(43)33(45)41-25-15-11-23(12-16-25)9-10-24-13-17-26(18-14-24)42-34(46)30-8-4-22-44(30)36(48)28-6-2-20-40-32(28)38/h1-2,5-6,9-20,29-30H,3-4,7-8,21-22H2,(H,41,45)(H,42,46)/t29-,30-/m0/s1. The molecule has 0 spiro atoms. The van der Waals surface area contributed by atoms with E-state index in [-0.39, 0.29) is 45.1 Å². The molecule has 2 aliphatic rings. The number of pyridine rings is 2. The number of hydrogen-bond acceptors (Lipinski definition) is 6. The lowest BCUT2D eigenvalue weighted by atomic mass is 10.1. The van der Waals surface area contributed by atoms with Gasteiger partial charge in [0.05, 0.1) is 11.1 Å². The van der Waals surface area contributed by atoms with Gasteiger partial charge >= 0.3 is 0 Å². The normalized spacial score (nSPS) is 17.5. The van der Waals surface area contributed by atoms with E-state index in [1.807, 2.05) is 60.7 Å². The Morgan fingerprint density at radius 1 is 0.625 bits per heavy atom. The number of rotatable bonds is 8. The minimum atomic E-state index is -0.591. The average molecular weight is 684 g/mol. The molecule has 2 N–H and O–H groups in total. The van der Waals surface area contributed by atoms with Crippen LogP contribution in [0.25, 0.3) is 12.2 Å². The molecule has 2 aromatic carbocycles. The Morgan fingerprint density at radius 2 is 1.02 bits per heavy atom. The van der Waals surface area contributed by atoms with Crippen LogP contribution in [0.15, 0.2) is 85.2 Å². The van der Waals surface area contributed by atoms with Gasteiger partial charge in [-0.25, -0.2) is 9.97 Å². The third-order valence-electron chi connectivity index (χ3n) is 8.44. The predicted octanol–water partition coefficient (Wildman–Crippen LogP) is 6.44. The van der Waals surface area contributed by atoms with Gasteiger partial charge in [0.15, 0.2) is 0 Å². The maximum atomic E-state index is 13.1. The zero-order valence-corrected chi connectivity index (χ0v) is 27.3. The first-order valence-electron chi connectivity index (χ1n) is 15.6. The molecule has 4 heterocycles. The number of aromatic nitrogens is 2. The number of carbonyl (C=O) groups is 4. The van der Waals surface area contributed by atoms with Gasteiger partial charge in [0.1, 0.15) is 22.4 Å². The Bertz CT molecular complexity index is 1730. The van der Waals surface area contributed by atoms with Crippen LogP contribution in [-0.2, 0) is 9.59 Å². The molecule has 10 nitrogen and oxygen atoms in total. The first-order chi connectivity index (χ1) is 23.3. The minimum absolute atomic E-state index is 0.119. The van der Waals surface area contributed by atoms with E-state index in [0.717, 1.165) is 24.0 Å². The number of likely N-dealkylation sites (tertiary alicyclic amines) is 2. The van der Waals surface area contributed by atoms with E-state index in [9.17, 15) is 19.2 Å². The van der Waals surface area contributed by atoms with E-state index in [1.165, 1.54) is 12.4 Å². The van der Waals surface area contributed by atoms with Crippen molar-refractivity contribution in [2.75, 3.05) is 23.7 Å². The molecule has 0 aliphatic carbocycles. The zero-order valence-electron chi connectivity index (χ0n) is 25.8. The molecule has 2 aromatic heterocycles. The first kappa shape index (κ1) is 32.9. The van der Waals surface area contributed by atoms with Crippen LogP contribution in [0.5, 0.6) is 0 Å². The van der Waals surface area contributed by atoms with Crippen LogP contribution in [0.1, 0.15) is 57.5 Å². The van der Waals surface area contributed by atoms with Crippen LogP contribution in [-0.4, -0.2) is 68.6 Å². The second kappa shape index (κ2) is 14.8. The van der Waals surface area contributed by atoms with Crippen molar-refractivity contribution in [1.29, 1.82) is 0 Å². The molecular formula is C36H32Cl2N6O4. The summed E-state index contributed by atoms with van der Waals surface area (Å²) in [6, 6.07) is 20.2. The predicted molar refractivity (Wildman–Crippen MR) is 186 cm³/mol. The number of amides is 4. The second-order valence-electron chi connectivity index (χ2n) is 11.6. The highest BCUT2D eigenvalue weighted by atomic mass is 35.5. The van der Waals surface area contributed by atoms with Crippen LogP contribution < -0.4 is 10.6 Å². The maximum absolute atomic E-state index is 13.1. The van der Waals surface area contributed by atoms with E-state index in [0.29, 0.717) is 37.3 Å². The van der Waals surface area contributed by atoms with E-state index in [4.69, 9.17) is 23.2 Å². The molecule has 0 saturated carbocycles. The van der Waals surface area contributed by atoms with Crippen LogP contribution >= 0.6 is 23.2 Å². The Labute approximate surface area is 287 Å². The van der Waals surface area contributed by atoms with Gasteiger partial charge in [0.2, 0.25) is 11.8 Å². The summed E-state index contributed by atoms with van der Waals surface area (Å²) in [5, 5.41) is 6.09. The number of benzene rings is 2. The zero-order chi connectivity index (χ0) is 33.6. The summed E-state index contributed by atoms with van der Waals surface area (Å²) in [7, 11) is 0. The molecule has 244 valence electrons. The highest BCUT2D eigenvalue weighted by Crippen LogP contribution is 2.26. The van der Waals surface area contributed by atoms with Crippen LogP contribution in [0, 0.1) is 0 Å². The lowest BCUT2D eigenvalue weighted by Crippen LogP contribution is -2.43. The average Bonchev–Trinajstić information content (AvgIpc) is 3.80. The van der Waals surface area contributed by atoms with Gasteiger partial charge in [-0.1, -0.05) is 59.6 Å². The number of nitrogens with one attached hydrogen (secondary N) is 2. The van der Waals surface area contributed by atoms with Crippen LogP contribution in [0.4, 0.5) is 11.4 Å². The molecule has 12 heteroatoms. The topological polar surface area (TPSA) is 125 Å². The monoisotopic (exact) mass is 682 g/mol. The molecule has 4 aromatic rings. The van der Waals surface area contributed by atoms with E-state index in [2.05, 4.69) is 20.6 Å². The fourth-order valence-corrected chi connectivity index (χ4v) is 6.36. The van der Waals surface area contributed by atoms with Crippen LogP contribution in [0.3, 0.4) is 0 Å². The quantitative estimate of drug-likeness (QED) is 0.163. The van der Waals surface area contributed by atoms with Crippen molar-refractivity contribution in [1.82, 2.24) is 19.8 Å². The van der Waals surface area contributed by atoms with Gasteiger partial charge in [-0.3, -0.25) is 19.2 Å². The van der Waals surface area contributed by atoms with Crippen LogP contribution in [0.2, 0.25) is 10.3 Å². The highest BCUT2D eigenvalue weighted by Gasteiger charge is 2.36. The van der Waals surface area contributed by atoms with Gasteiger partial charge in [0, 0.05) is 36.9 Å². The van der Waals surface area contributed by atoms with Crippen molar-refractivity contribution < 1.29 is 19.2 Å². The first-order valence-corrected chi connectivity index (χ1v) is 16.4. The summed E-state index contributed by atoms with van der Waals surface area (Å²) in [5.74, 6) is -1.11. The van der Waals surface area contributed by atoms with Crippen molar-refractivity contribution in [3.05, 3.63) is 118 Å². The van der Waals surface area contributed by atoms with Crippen molar-refractivity contribution in [2.24, 2.45) is 0 Å². The summed E-state index contributed by atoms with van der Waals surface area (Å²) >= 11 is 12.2. The number of anilines is 2. The molecule has 2 fully saturated rings. The Hall–Kier alpha value is -5.06. The highest BCUT2D eigenvalue weighted by molar-refractivity contribution is 6.33. The molecule has 48 heavy (non-hydrogen) atoms. The molecule has 0 radical (unpaired) electrons. The molecule has 4 amide bonds. The summed E-state index contributed by atoms with van der Waals surface area (Å²) in [6.07, 6.45) is 9.51. The van der Waals surface area contributed by atoms with E-state index in [1.54, 1.807) is 34.1 Å². The largest absolute Gasteiger partial charge is 0.327 e. The van der Waals surface area contributed by atoms with Gasteiger partial charge in [-0.15, -0.1) is 0 Å². The third kappa shape index (κ3) is 7.40. The van der Waals surface area contributed by atoms with Gasteiger partial charge in [0.25, 0.3) is 11.8 Å². The van der Waals surface area contributed by atoms with Crippen molar-refractivity contribution in [3.63, 3.8) is 0 Å². The summed E-state index contributed by atoms with van der Waals surface area (Å²) in [4.78, 5) is 63.4. The number of hydrogen-bond donors (Lipinski definition) is 2. The maximum Gasteiger partial charge on any atom is 0.257 e. The smallest absolute Gasteiger partial charge is 0.257 e. The molecule has 0 bridgehead atoms. The molecular weight excluding hydrogens is 651 g/mol. The number of nitrogens with zero attached hydrogens (tertiary/aromatic N) is 4. The number of carbonyl (C=O) groups excluding carboxylic acids is 4. The van der Waals surface area contributed by atoms with E-state index < -0.39 is 12.1 Å². The Balaban J connectivity index is 1.02. The Kier molecular flexibility index (Phi) is 10.1. The lowest BCUT2D eigenvalue weighted by molar-refractivity contribution is -0.120. The molecule has 6 rings (SSSR count). The molecule has 0 unspecified atom stereocenters. The van der Waals surface area contributed by atoms with Gasteiger partial charge < -0.3 is 20.4 Å². The van der Waals surface area contributed by atoms with Crippen molar-refractivity contribution >= 4 is 70.4 Å².